The number of hydrogen-bond donors (Lipinski definition) is 2. The summed E-state index contributed by atoms with van der Waals surface area (Å²) in [6, 6.07) is 5.60. The van der Waals surface area contributed by atoms with Gasteiger partial charge in [-0.3, -0.25) is 5.43 Å². The van der Waals surface area contributed by atoms with Crippen molar-refractivity contribution in [2.24, 2.45) is 10.8 Å². The van der Waals surface area contributed by atoms with E-state index in [4.69, 9.17) is 27.4 Å². The van der Waals surface area contributed by atoms with E-state index >= 15 is 0 Å². The van der Waals surface area contributed by atoms with Crippen LogP contribution in [0.5, 0.6) is 11.5 Å². The molecule has 0 amide bonds. The third-order valence-electron chi connectivity index (χ3n) is 2.60. The molecule has 0 atom stereocenters. The van der Waals surface area contributed by atoms with E-state index in [0.717, 1.165) is 18.5 Å². The maximum absolute atomic E-state index is 5.83. The summed E-state index contributed by atoms with van der Waals surface area (Å²) < 4.78 is 11.2. The zero-order valence-corrected chi connectivity index (χ0v) is 13.4. The van der Waals surface area contributed by atoms with E-state index in [2.05, 4.69) is 15.4 Å². The van der Waals surface area contributed by atoms with Crippen LogP contribution >= 0.6 is 12.2 Å². The minimum atomic E-state index is 0.114. The number of hydrazone groups is 1. The summed E-state index contributed by atoms with van der Waals surface area (Å²) in [5.74, 6) is 1.33. The molecule has 0 aliphatic heterocycles. The molecule has 0 saturated carbocycles. The second-order valence-electron chi connectivity index (χ2n) is 4.62. The summed E-state index contributed by atoms with van der Waals surface area (Å²) in [5.41, 5.74) is 8.63. The first-order valence-electron chi connectivity index (χ1n) is 6.57. The van der Waals surface area contributed by atoms with Crippen LogP contribution in [0.15, 0.2) is 23.3 Å². The second-order valence-corrected chi connectivity index (χ2v) is 5.06. The average Bonchev–Trinajstić information content (AvgIpc) is 2.43. The van der Waals surface area contributed by atoms with Crippen LogP contribution in [0.3, 0.4) is 0 Å². The molecule has 1 aromatic carbocycles. The van der Waals surface area contributed by atoms with Gasteiger partial charge in [0.25, 0.3) is 0 Å². The standard InChI is InChI=1S/C14H22N4O2S/c1-18(2)8-5-9-20-13-11(10-16-17-14(15)21)6-4-7-12(13)19-3/h4,6-7,10H,5,8-9H2,1-3H3,(H3,15,17,21). The minimum absolute atomic E-state index is 0.114. The maximum Gasteiger partial charge on any atom is 0.184 e. The number of nitrogens with zero attached hydrogens (tertiary/aromatic N) is 2. The number of nitrogens with one attached hydrogen (secondary N) is 1. The van der Waals surface area contributed by atoms with Crippen molar-refractivity contribution in [1.82, 2.24) is 10.3 Å². The Labute approximate surface area is 130 Å². The molecule has 21 heavy (non-hydrogen) atoms. The lowest BCUT2D eigenvalue weighted by Gasteiger charge is -2.14. The van der Waals surface area contributed by atoms with Gasteiger partial charge in [0.05, 0.1) is 19.9 Å². The largest absolute Gasteiger partial charge is 0.493 e. The Morgan fingerprint density at radius 2 is 2.24 bits per heavy atom. The molecule has 3 N–H and O–H groups in total. The van der Waals surface area contributed by atoms with E-state index in [1.165, 1.54) is 0 Å². The predicted molar refractivity (Wildman–Crippen MR) is 89.2 cm³/mol. The van der Waals surface area contributed by atoms with Gasteiger partial charge < -0.3 is 20.1 Å². The van der Waals surface area contributed by atoms with Crippen molar-refractivity contribution < 1.29 is 9.47 Å². The highest BCUT2D eigenvalue weighted by Crippen LogP contribution is 2.30. The molecular formula is C14H22N4O2S. The number of para-hydroxylation sites is 1. The zero-order chi connectivity index (χ0) is 15.7. The lowest BCUT2D eigenvalue weighted by molar-refractivity contribution is 0.268. The third-order valence-corrected chi connectivity index (χ3v) is 2.70. The van der Waals surface area contributed by atoms with E-state index in [-0.39, 0.29) is 5.11 Å². The fraction of sp³-hybridized carbons (Fsp3) is 0.429. The number of rotatable bonds is 8. The number of nitrogens with two attached hydrogens (primary N) is 1. The van der Waals surface area contributed by atoms with Crippen molar-refractivity contribution in [1.29, 1.82) is 0 Å². The van der Waals surface area contributed by atoms with E-state index in [1.807, 2.05) is 32.3 Å². The monoisotopic (exact) mass is 310 g/mol. The highest BCUT2D eigenvalue weighted by atomic mass is 32.1. The summed E-state index contributed by atoms with van der Waals surface area (Å²) >= 11 is 4.69. The Balaban J connectivity index is 2.77. The highest BCUT2D eigenvalue weighted by molar-refractivity contribution is 7.80. The van der Waals surface area contributed by atoms with Crippen LogP contribution in [0.1, 0.15) is 12.0 Å². The van der Waals surface area contributed by atoms with Crippen LogP contribution in [-0.4, -0.2) is 50.6 Å². The second kappa shape index (κ2) is 9.15. The van der Waals surface area contributed by atoms with Gasteiger partial charge in [0.15, 0.2) is 16.6 Å². The number of hydrogen-bond acceptors (Lipinski definition) is 5. The minimum Gasteiger partial charge on any atom is -0.493 e. The van der Waals surface area contributed by atoms with Crippen LogP contribution in [0, 0.1) is 0 Å². The lowest BCUT2D eigenvalue weighted by Crippen LogP contribution is -2.24. The van der Waals surface area contributed by atoms with Crippen molar-refractivity contribution in [3.8, 4) is 11.5 Å². The van der Waals surface area contributed by atoms with Crippen LogP contribution in [0.2, 0.25) is 0 Å². The highest BCUT2D eigenvalue weighted by Gasteiger charge is 2.09. The quantitative estimate of drug-likeness (QED) is 0.325. The molecule has 0 unspecified atom stereocenters. The van der Waals surface area contributed by atoms with Crippen LogP contribution in [0.25, 0.3) is 0 Å². The molecule has 1 aromatic rings. The van der Waals surface area contributed by atoms with Crippen molar-refractivity contribution in [2.45, 2.75) is 6.42 Å². The van der Waals surface area contributed by atoms with Gasteiger partial charge >= 0.3 is 0 Å². The molecule has 116 valence electrons. The molecule has 0 bridgehead atoms. The fourth-order valence-electron chi connectivity index (χ4n) is 1.67. The maximum atomic E-state index is 5.83. The summed E-state index contributed by atoms with van der Waals surface area (Å²) in [4.78, 5) is 2.11. The van der Waals surface area contributed by atoms with Crippen molar-refractivity contribution >= 4 is 23.5 Å². The summed E-state index contributed by atoms with van der Waals surface area (Å²) in [7, 11) is 5.67. The SMILES string of the molecule is COc1cccc(C=NNC(N)=S)c1OCCCN(C)C. The summed E-state index contributed by atoms with van der Waals surface area (Å²) in [6.45, 7) is 1.56. The van der Waals surface area contributed by atoms with Gasteiger partial charge in [-0.2, -0.15) is 5.10 Å². The molecule has 0 fully saturated rings. The van der Waals surface area contributed by atoms with E-state index in [0.29, 0.717) is 18.1 Å². The summed E-state index contributed by atoms with van der Waals surface area (Å²) in [5, 5.41) is 4.06. The smallest absolute Gasteiger partial charge is 0.184 e. The van der Waals surface area contributed by atoms with Gasteiger partial charge in [0.1, 0.15) is 0 Å². The first-order chi connectivity index (χ1) is 10.0. The molecule has 0 aliphatic carbocycles. The Bertz CT molecular complexity index is 492. The molecule has 0 aliphatic rings. The topological polar surface area (TPSA) is 72.1 Å². The lowest BCUT2D eigenvalue weighted by atomic mass is 10.2. The zero-order valence-electron chi connectivity index (χ0n) is 12.6. The molecule has 0 aromatic heterocycles. The molecule has 1 rings (SSSR count). The van der Waals surface area contributed by atoms with Gasteiger partial charge in [0, 0.05) is 12.1 Å². The Kier molecular flexibility index (Phi) is 7.49. The molecule has 6 nitrogen and oxygen atoms in total. The third kappa shape index (κ3) is 6.42. The van der Waals surface area contributed by atoms with E-state index in [9.17, 15) is 0 Å². The number of thiocarbonyl (C=S) groups is 1. The van der Waals surface area contributed by atoms with Gasteiger partial charge in [-0.25, -0.2) is 0 Å². The predicted octanol–water partition coefficient (Wildman–Crippen LogP) is 1.19. The van der Waals surface area contributed by atoms with Gasteiger partial charge in [-0.1, -0.05) is 6.07 Å². The van der Waals surface area contributed by atoms with Crippen molar-refractivity contribution in [2.75, 3.05) is 34.4 Å². The number of ether oxygens (including phenoxy) is 2. The molecule has 0 heterocycles. The van der Waals surface area contributed by atoms with E-state index < -0.39 is 0 Å². The van der Waals surface area contributed by atoms with Crippen molar-refractivity contribution in [3.63, 3.8) is 0 Å². The molecular weight excluding hydrogens is 288 g/mol. The Morgan fingerprint density at radius 1 is 1.48 bits per heavy atom. The fourth-order valence-corrected chi connectivity index (χ4v) is 1.72. The van der Waals surface area contributed by atoms with Crippen LogP contribution in [0.4, 0.5) is 0 Å². The number of benzene rings is 1. The number of methoxy groups -OCH3 is 1. The van der Waals surface area contributed by atoms with Crippen LogP contribution < -0.4 is 20.6 Å². The van der Waals surface area contributed by atoms with Gasteiger partial charge in [-0.15, -0.1) is 0 Å². The normalized spacial score (nSPS) is 10.9. The molecule has 0 saturated heterocycles. The Morgan fingerprint density at radius 3 is 2.86 bits per heavy atom. The van der Waals surface area contributed by atoms with Gasteiger partial charge in [-0.05, 0) is 44.9 Å². The molecule has 0 spiro atoms. The summed E-state index contributed by atoms with van der Waals surface area (Å²) in [6.07, 6.45) is 2.52. The Hall–Kier alpha value is -1.86. The van der Waals surface area contributed by atoms with Crippen molar-refractivity contribution in [3.05, 3.63) is 23.8 Å². The molecule has 0 radical (unpaired) electrons. The van der Waals surface area contributed by atoms with E-state index in [1.54, 1.807) is 13.3 Å². The van der Waals surface area contributed by atoms with Gasteiger partial charge in [0.2, 0.25) is 0 Å². The average molecular weight is 310 g/mol. The first kappa shape index (κ1) is 17.2. The van der Waals surface area contributed by atoms with Crippen LogP contribution in [-0.2, 0) is 0 Å². The molecule has 7 heteroatoms. The first-order valence-corrected chi connectivity index (χ1v) is 6.98.